The van der Waals surface area contributed by atoms with Crippen LogP contribution in [0.3, 0.4) is 0 Å². The molecule has 0 saturated carbocycles. The van der Waals surface area contributed by atoms with Crippen LogP contribution in [0.5, 0.6) is 0 Å². The summed E-state index contributed by atoms with van der Waals surface area (Å²) < 4.78 is 0. The Labute approximate surface area is 73.8 Å². The normalized spacial score (nSPS) is 0. The molecule has 0 amide bonds. The summed E-state index contributed by atoms with van der Waals surface area (Å²) in [4.78, 5) is 0. The van der Waals surface area contributed by atoms with Crippen LogP contribution in [0, 0.1) is 0 Å². The van der Waals surface area contributed by atoms with Crippen LogP contribution in [0.4, 0.5) is 0 Å². The molecule has 24 valence electrons. The fraction of sp³-hybridized carbons (Fsp3) is 0. The Balaban J connectivity index is 0. The van der Waals surface area contributed by atoms with Gasteiger partial charge in [0.25, 0.3) is 0 Å². The van der Waals surface area contributed by atoms with Crippen LogP contribution in [-0.2, 0) is 25.0 Å². The average Bonchev–Trinajstić information content (AvgIpc) is 0. The van der Waals surface area contributed by atoms with Crippen molar-refractivity contribution in [3.63, 3.8) is 0 Å². The van der Waals surface area contributed by atoms with E-state index in [2.05, 4.69) is 0 Å². The van der Waals surface area contributed by atoms with Crippen LogP contribution in [0.2, 0.25) is 0 Å². The summed E-state index contributed by atoms with van der Waals surface area (Å²) in [6.07, 6.45) is 0. The van der Waals surface area contributed by atoms with E-state index in [0.717, 1.165) is 0 Å². The van der Waals surface area contributed by atoms with Crippen molar-refractivity contribution < 1.29 is 25.0 Å². The molecule has 0 aromatic rings. The molecule has 0 aromatic heterocycles. The van der Waals surface area contributed by atoms with Gasteiger partial charge in [0, 0.05) is 0 Å². The Kier molecular flexibility index (Phi) is 159. The van der Waals surface area contributed by atoms with Crippen LogP contribution < -0.4 is 0 Å². The third-order valence-corrected chi connectivity index (χ3v) is 0. The molecule has 0 rings (SSSR count). The van der Waals surface area contributed by atoms with E-state index in [-0.39, 0.29) is 74.8 Å². The molecule has 0 N–H and O–H groups in total. The molecule has 0 heterocycles. The third-order valence-electron chi connectivity index (χ3n) is 0. The summed E-state index contributed by atoms with van der Waals surface area (Å²) in [5.74, 6) is 0. The molecule has 0 bridgehead atoms. The van der Waals surface area contributed by atoms with Gasteiger partial charge in [-0.25, -0.2) is 0 Å². The number of hydrogen-bond acceptors (Lipinski definition) is 0. The molecule has 4 heavy (non-hydrogen) atoms. The summed E-state index contributed by atoms with van der Waals surface area (Å²) in [6, 6.07) is 0. The van der Waals surface area contributed by atoms with Crippen molar-refractivity contribution in [2.45, 2.75) is 0 Å². The minimum absolute atomic E-state index is 0. The van der Waals surface area contributed by atoms with Gasteiger partial charge in [-0.15, -0.1) is 0 Å². The topological polar surface area (TPSA) is 28.5 Å². The Hall–Kier alpha value is 2.26. The molecule has 0 aliphatic heterocycles. The smallest absolute Gasteiger partial charge is 2.00 e. The minimum atomic E-state index is 0. The van der Waals surface area contributed by atoms with E-state index in [1.165, 1.54) is 0 Å². The zero-order valence-corrected chi connectivity index (χ0v) is 13.6. The Morgan fingerprint density at radius 2 is 1.00 bits per heavy atom. The summed E-state index contributed by atoms with van der Waals surface area (Å²) in [6.45, 7) is 0. The van der Waals surface area contributed by atoms with E-state index in [0.29, 0.717) is 0 Å². The second kappa shape index (κ2) is 18.7. The van der Waals surface area contributed by atoms with E-state index >= 15 is 0 Å². The SMILES string of the molecule is [BiH3].[O-2].[TeH2].[Zn+2]. The van der Waals surface area contributed by atoms with Gasteiger partial charge in [-0.05, 0) is 0 Å². The van der Waals surface area contributed by atoms with Crippen LogP contribution >= 0.6 is 0 Å². The molecule has 0 unspecified atom stereocenters. The first-order chi connectivity index (χ1) is 0. The molecule has 0 aliphatic carbocycles. The van der Waals surface area contributed by atoms with Gasteiger partial charge in [0.15, 0.2) is 0 Å². The standard InChI is InChI=1S/Bi.O.H2Te.Zn.3H/h;;1H2;;;;/q;-2;;+2;;;. The monoisotopic (exact) mass is 424 g/mol. The van der Waals surface area contributed by atoms with Crippen molar-refractivity contribution >= 4 is 49.9 Å². The van der Waals surface area contributed by atoms with E-state index in [1.54, 1.807) is 0 Å². The summed E-state index contributed by atoms with van der Waals surface area (Å²) in [5, 5.41) is 0. The van der Waals surface area contributed by atoms with Crippen molar-refractivity contribution in [2.75, 3.05) is 0 Å². The Morgan fingerprint density at radius 1 is 1.00 bits per heavy atom. The van der Waals surface area contributed by atoms with E-state index in [1.807, 2.05) is 0 Å². The van der Waals surface area contributed by atoms with Gasteiger partial charge in [-0.1, -0.05) is 0 Å². The van der Waals surface area contributed by atoms with Crippen molar-refractivity contribution in [1.29, 1.82) is 0 Å². The molecule has 1 nitrogen and oxygen atoms in total. The third kappa shape index (κ3) is 8.87. The molecule has 0 spiro atoms. The van der Waals surface area contributed by atoms with Crippen molar-refractivity contribution in [1.82, 2.24) is 0 Å². The fourth-order valence-electron chi connectivity index (χ4n) is 0. The zero-order chi connectivity index (χ0) is 0. The molecule has 0 atom stereocenters. The van der Waals surface area contributed by atoms with Gasteiger partial charge in [-0.3, -0.25) is 0 Å². The second-order valence-corrected chi connectivity index (χ2v) is 0. The maximum absolute atomic E-state index is 0. The number of rotatable bonds is 0. The first kappa shape index (κ1) is 34.0. The largest absolute Gasteiger partial charge is 2.00 e. The molecular formula is H5BiOTeZn. The number of hydrogen-bond donors (Lipinski definition) is 0. The molecule has 0 aromatic carbocycles. The maximum Gasteiger partial charge on any atom is 2.00 e. The molecular weight excluding hydrogens is 418 g/mol. The molecule has 0 fully saturated rings. The summed E-state index contributed by atoms with van der Waals surface area (Å²) in [7, 11) is 0. The molecule has 0 saturated heterocycles. The van der Waals surface area contributed by atoms with Crippen molar-refractivity contribution in [3.8, 4) is 0 Å². The first-order valence-corrected chi connectivity index (χ1v) is 0. The van der Waals surface area contributed by atoms with Gasteiger partial charge in [0.05, 0.1) is 0 Å². The predicted molar refractivity (Wildman–Crippen MR) is 19.2 cm³/mol. The fourth-order valence-corrected chi connectivity index (χ4v) is 0. The summed E-state index contributed by atoms with van der Waals surface area (Å²) in [5.41, 5.74) is 0. The Bertz CT molecular complexity index is 8.00. The Morgan fingerprint density at radius 3 is 1.00 bits per heavy atom. The summed E-state index contributed by atoms with van der Waals surface area (Å²) >= 11 is 0. The van der Waals surface area contributed by atoms with Crippen LogP contribution in [0.25, 0.3) is 0 Å². The maximum atomic E-state index is 0. The zero-order valence-electron chi connectivity index (χ0n) is 2.32. The van der Waals surface area contributed by atoms with Crippen molar-refractivity contribution in [2.24, 2.45) is 0 Å². The average molecular weight is 423 g/mol. The van der Waals surface area contributed by atoms with Crippen molar-refractivity contribution in [3.05, 3.63) is 0 Å². The molecule has 4 heteroatoms. The first-order valence-electron chi connectivity index (χ1n) is 0. The van der Waals surface area contributed by atoms with E-state index in [9.17, 15) is 0 Å². The molecule has 0 aliphatic rings. The van der Waals surface area contributed by atoms with Gasteiger partial charge in [0.2, 0.25) is 0 Å². The van der Waals surface area contributed by atoms with Crippen LogP contribution in [0.15, 0.2) is 0 Å². The second-order valence-electron chi connectivity index (χ2n) is 0. The van der Waals surface area contributed by atoms with E-state index < -0.39 is 0 Å². The van der Waals surface area contributed by atoms with Gasteiger partial charge < -0.3 is 5.48 Å². The van der Waals surface area contributed by atoms with E-state index in [4.69, 9.17) is 0 Å². The quantitative estimate of drug-likeness (QED) is 0.396. The van der Waals surface area contributed by atoms with Gasteiger partial charge >= 0.3 is 69.3 Å². The van der Waals surface area contributed by atoms with Crippen LogP contribution in [-0.4, -0.2) is 49.9 Å². The predicted octanol–water partition coefficient (Wildman–Crippen LogP) is -2.22. The van der Waals surface area contributed by atoms with Gasteiger partial charge in [-0.2, -0.15) is 0 Å². The molecule has 0 radical (unpaired) electrons. The minimum Gasteiger partial charge on any atom is 2.00 e. The van der Waals surface area contributed by atoms with Gasteiger partial charge in [0.1, 0.15) is 0 Å². The van der Waals surface area contributed by atoms with Crippen LogP contribution in [0.1, 0.15) is 0 Å².